The lowest BCUT2D eigenvalue weighted by Crippen LogP contribution is -2.49. The highest BCUT2D eigenvalue weighted by molar-refractivity contribution is 6.06. The average Bonchev–Trinajstić information content (AvgIpc) is 2.75. The van der Waals surface area contributed by atoms with Crippen LogP contribution in [-0.2, 0) is 4.79 Å². The predicted octanol–water partition coefficient (Wildman–Crippen LogP) is 1.01. The van der Waals surface area contributed by atoms with Gasteiger partial charge in [-0.15, -0.1) is 0 Å². The van der Waals surface area contributed by atoms with Gasteiger partial charge in [0.25, 0.3) is 0 Å². The van der Waals surface area contributed by atoms with Crippen LogP contribution in [0.5, 0.6) is 0 Å². The number of aromatic nitrogens is 2. The lowest BCUT2D eigenvalue weighted by Gasteiger charge is -2.26. The third-order valence-electron chi connectivity index (χ3n) is 2.75. The van der Waals surface area contributed by atoms with Crippen molar-refractivity contribution < 1.29 is 9.59 Å². The number of aromatic amines is 1. The van der Waals surface area contributed by atoms with Crippen LogP contribution in [0.2, 0.25) is 0 Å². The predicted molar refractivity (Wildman–Crippen MR) is 61.6 cm³/mol. The second-order valence-corrected chi connectivity index (χ2v) is 3.86. The SMILES string of the molecule is O=C1CCN(c2cnc3[nH]ccc3c2)C(=O)N1. The molecule has 0 spiro atoms. The van der Waals surface area contributed by atoms with Crippen molar-refractivity contribution in [1.29, 1.82) is 0 Å². The first kappa shape index (κ1) is 9.83. The molecule has 6 nitrogen and oxygen atoms in total. The first-order valence-electron chi connectivity index (χ1n) is 5.28. The van der Waals surface area contributed by atoms with Gasteiger partial charge in [-0.05, 0) is 12.1 Å². The minimum Gasteiger partial charge on any atom is -0.346 e. The minimum absolute atomic E-state index is 0.234. The number of nitrogens with zero attached hydrogens (tertiary/aromatic N) is 2. The van der Waals surface area contributed by atoms with Crippen LogP contribution in [0.4, 0.5) is 10.5 Å². The third kappa shape index (κ3) is 1.63. The molecule has 0 unspecified atom stereocenters. The molecule has 0 bridgehead atoms. The topological polar surface area (TPSA) is 78.1 Å². The minimum atomic E-state index is -0.391. The molecule has 1 aliphatic rings. The number of nitrogens with one attached hydrogen (secondary N) is 2. The number of pyridine rings is 1. The Morgan fingerprint density at radius 2 is 2.24 bits per heavy atom. The molecule has 3 rings (SSSR count). The van der Waals surface area contributed by atoms with Gasteiger partial charge in [0.2, 0.25) is 5.91 Å². The second-order valence-electron chi connectivity index (χ2n) is 3.86. The number of rotatable bonds is 1. The fraction of sp³-hybridized carbons (Fsp3) is 0.182. The maximum Gasteiger partial charge on any atom is 0.328 e. The molecule has 0 aliphatic carbocycles. The van der Waals surface area contributed by atoms with Gasteiger partial charge in [0.15, 0.2) is 0 Å². The van der Waals surface area contributed by atoms with Crippen LogP contribution in [0.25, 0.3) is 11.0 Å². The van der Waals surface area contributed by atoms with Gasteiger partial charge in [0, 0.05) is 24.5 Å². The molecule has 2 aromatic rings. The molecule has 0 atom stereocenters. The Morgan fingerprint density at radius 1 is 1.35 bits per heavy atom. The first-order valence-corrected chi connectivity index (χ1v) is 5.28. The number of carbonyl (C=O) groups excluding carboxylic acids is 2. The number of hydrogen-bond acceptors (Lipinski definition) is 3. The highest BCUT2D eigenvalue weighted by Crippen LogP contribution is 2.20. The van der Waals surface area contributed by atoms with Crippen molar-refractivity contribution in [2.24, 2.45) is 0 Å². The molecule has 0 radical (unpaired) electrons. The summed E-state index contributed by atoms with van der Waals surface area (Å²) in [4.78, 5) is 31.4. The van der Waals surface area contributed by atoms with E-state index in [1.165, 1.54) is 4.90 Å². The smallest absolute Gasteiger partial charge is 0.328 e. The summed E-state index contributed by atoms with van der Waals surface area (Å²) in [6.45, 7) is 0.391. The summed E-state index contributed by atoms with van der Waals surface area (Å²) in [5.41, 5.74) is 1.48. The summed E-state index contributed by atoms with van der Waals surface area (Å²) in [5, 5.41) is 3.22. The van der Waals surface area contributed by atoms with Crippen LogP contribution in [0, 0.1) is 0 Å². The number of H-pyrrole nitrogens is 1. The number of fused-ring (bicyclic) bond motifs is 1. The lowest BCUT2D eigenvalue weighted by molar-refractivity contribution is -0.120. The normalized spacial score (nSPS) is 16.4. The van der Waals surface area contributed by atoms with Crippen molar-refractivity contribution in [3.8, 4) is 0 Å². The molecular formula is C11H10N4O2. The molecule has 3 amide bonds. The van der Waals surface area contributed by atoms with Crippen LogP contribution in [0.15, 0.2) is 24.5 Å². The molecule has 3 heterocycles. The second kappa shape index (κ2) is 3.58. The van der Waals surface area contributed by atoms with Crippen LogP contribution < -0.4 is 10.2 Å². The van der Waals surface area contributed by atoms with Crippen LogP contribution in [0.3, 0.4) is 0 Å². The number of urea groups is 1. The van der Waals surface area contributed by atoms with Crippen molar-refractivity contribution in [1.82, 2.24) is 15.3 Å². The van der Waals surface area contributed by atoms with Gasteiger partial charge >= 0.3 is 6.03 Å². The lowest BCUT2D eigenvalue weighted by atomic mass is 10.2. The number of carbonyl (C=O) groups is 2. The average molecular weight is 230 g/mol. The van der Waals surface area contributed by atoms with E-state index < -0.39 is 6.03 Å². The van der Waals surface area contributed by atoms with Crippen LogP contribution in [-0.4, -0.2) is 28.5 Å². The molecule has 1 fully saturated rings. The van der Waals surface area contributed by atoms with E-state index >= 15 is 0 Å². The molecule has 6 heteroatoms. The molecule has 86 valence electrons. The van der Waals surface area contributed by atoms with Gasteiger partial charge < -0.3 is 4.98 Å². The maximum absolute atomic E-state index is 11.6. The van der Waals surface area contributed by atoms with E-state index in [-0.39, 0.29) is 5.91 Å². The number of hydrogen-bond donors (Lipinski definition) is 2. The Kier molecular flexibility index (Phi) is 2.07. The van der Waals surface area contributed by atoms with E-state index in [1.807, 2.05) is 12.1 Å². The van der Waals surface area contributed by atoms with E-state index in [0.29, 0.717) is 18.7 Å². The Balaban J connectivity index is 1.97. The van der Waals surface area contributed by atoms with E-state index in [2.05, 4.69) is 15.3 Å². The Bertz CT molecular complexity index is 604. The van der Waals surface area contributed by atoms with E-state index in [0.717, 1.165) is 11.0 Å². The van der Waals surface area contributed by atoms with Gasteiger partial charge in [0.05, 0.1) is 11.9 Å². The molecule has 2 N–H and O–H groups in total. The first-order chi connectivity index (χ1) is 8.24. The zero-order valence-electron chi connectivity index (χ0n) is 8.93. The molecule has 1 aliphatic heterocycles. The Hall–Kier alpha value is -2.37. The summed E-state index contributed by atoms with van der Waals surface area (Å²) in [6.07, 6.45) is 3.73. The van der Waals surface area contributed by atoms with Crippen molar-refractivity contribution in [3.05, 3.63) is 24.5 Å². The number of imide groups is 1. The van der Waals surface area contributed by atoms with Crippen LogP contribution in [0.1, 0.15) is 6.42 Å². The van der Waals surface area contributed by atoms with E-state index in [4.69, 9.17) is 0 Å². The summed E-state index contributed by atoms with van der Waals surface area (Å²) in [7, 11) is 0. The van der Waals surface area contributed by atoms with Crippen molar-refractivity contribution >= 4 is 28.7 Å². The van der Waals surface area contributed by atoms with E-state index in [1.54, 1.807) is 12.4 Å². The maximum atomic E-state index is 11.6. The van der Waals surface area contributed by atoms with Crippen molar-refractivity contribution in [3.63, 3.8) is 0 Å². The third-order valence-corrected chi connectivity index (χ3v) is 2.75. The Labute approximate surface area is 96.6 Å². The largest absolute Gasteiger partial charge is 0.346 e. The molecule has 0 saturated carbocycles. The van der Waals surface area contributed by atoms with Crippen molar-refractivity contribution in [2.45, 2.75) is 6.42 Å². The van der Waals surface area contributed by atoms with Gasteiger partial charge in [-0.2, -0.15) is 0 Å². The zero-order chi connectivity index (χ0) is 11.8. The molecule has 1 saturated heterocycles. The van der Waals surface area contributed by atoms with E-state index in [9.17, 15) is 9.59 Å². The molecular weight excluding hydrogens is 220 g/mol. The van der Waals surface area contributed by atoms with Crippen molar-refractivity contribution in [2.75, 3.05) is 11.4 Å². The Morgan fingerprint density at radius 3 is 3.06 bits per heavy atom. The molecule has 17 heavy (non-hydrogen) atoms. The van der Waals surface area contributed by atoms with Gasteiger partial charge in [-0.25, -0.2) is 9.78 Å². The quantitative estimate of drug-likeness (QED) is 0.767. The number of amides is 3. The van der Waals surface area contributed by atoms with Gasteiger partial charge in [-0.3, -0.25) is 15.0 Å². The molecule has 2 aromatic heterocycles. The monoisotopic (exact) mass is 230 g/mol. The summed E-state index contributed by atoms with van der Waals surface area (Å²) >= 11 is 0. The summed E-state index contributed by atoms with van der Waals surface area (Å²) in [6, 6.07) is 3.37. The summed E-state index contributed by atoms with van der Waals surface area (Å²) in [5.74, 6) is -0.234. The van der Waals surface area contributed by atoms with Gasteiger partial charge in [-0.1, -0.05) is 0 Å². The fourth-order valence-electron chi connectivity index (χ4n) is 1.89. The highest BCUT2D eigenvalue weighted by atomic mass is 16.2. The summed E-state index contributed by atoms with van der Waals surface area (Å²) < 4.78 is 0. The highest BCUT2D eigenvalue weighted by Gasteiger charge is 2.24. The standard InChI is InChI=1S/C11H10N4O2/c16-9-2-4-15(11(17)14-9)8-5-7-1-3-12-10(7)13-6-8/h1,3,5-6H,2,4H2,(H,12,13)(H,14,16,17). The molecule has 0 aromatic carbocycles. The zero-order valence-corrected chi connectivity index (χ0v) is 8.93. The van der Waals surface area contributed by atoms with Crippen LogP contribution >= 0.6 is 0 Å². The fourth-order valence-corrected chi connectivity index (χ4v) is 1.89. The number of anilines is 1. The van der Waals surface area contributed by atoms with Gasteiger partial charge in [0.1, 0.15) is 5.65 Å².